The topological polar surface area (TPSA) is 35.6 Å². The van der Waals surface area contributed by atoms with Gasteiger partial charge in [0, 0.05) is 37.5 Å². The third-order valence-electron chi connectivity index (χ3n) is 4.58. The summed E-state index contributed by atoms with van der Waals surface area (Å²) in [5.41, 5.74) is 2.06. The van der Waals surface area contributed by atoms with Crippen LogP contribution in [0.25, 0.3) is 0 Å². The van der Waals surface area contributed by atoms with E-state index in [1.165, 1.54) is 4.90 Å². The Morgan fingerprint density at radius 1 is 1.00 bits per heavy atom. The fourth-order valence-electron chi connectivity index (χ4n) is 3.05. The Hall–Kier alpha value is -1.98. The van der Waals surface area contributed by atoms with Crippen LogP contribution in [0.3, 0.4) is 0 Å². The van der Waals surface area contributed by atoms with Crippen molar-refractivity contribution in [1.29, 1.82) is 0 Å². The van der Waals surface area contributed by atoms with Crippen molar-refractivity contribution in [1.82, 2.24) is 4.90 Å². The number of para-hydroxylation sites is 2. The number of nitrogens with zero attached hydrogens (tertiary/aromatic N) is 2. The van der Waals surface area contributed by atoms with Gasteiger partial charge in [-0.2, -0.15) is 0 Å². The molecule has 3 rings (SSSR count). The molecule has 26 heavy (non-hydrogen) atoms. The third-order valence-corrected chi connectivity index (χ3v) is 5.68. The highest BCUT2D eigenvalue weighted by atomic mass is 32.2. The lowest BCUT2D eigenvalue weighted by Crippen LogP contribution is -2.44. The maximum atomic E-state index is 12.4. The van der Waals surface area contributed by atoms with Crippen molar-refractivity contribution in [2.24, 2.45) is 0 Å². The Bertz CT molecular complexity index is 699. The summed E-state index contributed by atoms with van der Waals surface area (Å²) in [7, 11) is 2.15. The first-order chi connectivity index (χ1) is 12.7. The van der Waals surface area contributed by atoms with Crippen LogP contribution in [0.5, 0.6) is 0 Å². The molecule has 1 amide bonds. The summed E-state index contributed by atoms with van der Waals surface area (Å²) in [6.07, 6.45) is 1.43. The van der Waals surface area contributed by atoms with E-state index in [2.05, 4.69) is 40.4 Å². The standard InChI is InChI=1S/C21H27N3OS/c1-23-13-15-24(16-14-23)20-11-6-5-10-19(20)22-21(25)12-7-17-26-18-8-3-2-4-9-18/h2-6,8-11H,7,12-17H2,1H3,(H,22,25). The van der Waals surface area contributed by atoms with Crippen LogP contribution in [0.2, 0.25) is 0 Å². The minimum atomic E-state index is 0.0974. The number of hydrogen-bond acceptors (Lipinski definition) is 4. The molecule has 0 radical (unpaired) electrons. The van der Waals surface area contributed by atoms with E-state index in [4.69, 9.17) is 0 Å². The highest BCUT2D eigenvalue weighted by molar-refractivity contribution is 7.99. The van der Waals surface area contributed by atoms with Crippen LogP contribution in [-0.4, -0.2) is 49.8 Å². The number of rotatable bonds is 7. The second-order valence-corrected chi connectivity index (χ2v) is 7.79. The van der Waals surface area contributed by atoms with Crippen LogP contribution >= 0.6 is 11.8 Å². The van der Waals surface area contributed by atoms with Crippen molar-refractivity contribution in [3.63, 3.8) is 0 Å². The number of thioether (sulfide) groups is 1. The van der Waals surface area contributed by atoms with Crippen LogP contribution in [-0.2, 0) is 4.79 Å². The van der Waals surface area contributed by atoms with Gasteiger partial charge in [-0.05, 0) is 43.5 Å². The SMILES string of the molecule is CN1CCN(c2ccccc2NC(=O)CCCSc2ccccc2)CC1. The highest BCUT2D eigenvalue weighted by Gasteiger charge is 2.17. The van der Waals surface area contributed by atoms with Crippen LogP contribution in [0.1, 0.15) is 12.8 Å². The second-order valence-electron chi connectivity index (χ2n) is 6.62. The van der Waals surface area contributed by atoms with Crippen molar-refractivity contribution in [3.05, 3.63) is 54.6 Å². The van der Waals surface area contributed by atoms with Crippen LogP contribution in [0.15, 0.2) is 59.5 Å². The van der Waals surface area contributed by atoms with Gasteiger partial charge in [0.15, 0.2) is 0 Å². The number of carbonyl (C=O) groups is 1. The summed E-state index contributed by atoms with van der Waals surface area (Å²) in [5.74, 6) is 1.05. The van der Waals surface area contributed by atoms with Gasteiger partial charge in [-0.3, -0.25) is 4.79 Å². The third kappa shape index (κ3) is 5.51. The quantitative estimate of drug-likeness (QED) is 0.592. The van der Waals surface area contributed by atoms with Gasteiger partial charge in [0.05, 0.1) is 11.4 Å². The van der Waals surface area contributed by atoms with Crippen molar-refractivity contribution >= 4 is 29.0 Å². The van der Waals surface area contributed by atoms with Crippen LogP contribution in [0.4, 0.5) is 11.4 Å². The summed E-state index contributed by atoms with van der Waals surface area (Å²) in [4.78, 5) is 18.3. The van der Waals surface area contributed by atoms with E-state index in [-0.39, 0.29) is 5.91 Å². The molecule has 1 N–H and O–H groups in total. The summed E-state index contributed by atoms with van der Waals surface area (Å²) in [5, 5.41) is 3.11. The zero-order chi connectivity index (χ0) is 18.2. The zero-order valence-electron chi connectivity index (χ0n) is 15.4. The normalized spacial score (nSPS) is 15.0. The van der Waals surface area contributed by atoms with E-state index >= 15 is 0 Å². The lowest BCUT2D eigenvalue weighted by molar-refractivity contribution is -0.116. The number of anilines is 2. The van der Waals surface area contributed by atoms with E-state index in [1.54, 1.807) is 11.8 Å². The van der Waals surface area contributed by atoms with Gasteiger partial charge in [-0.1, -0.05) is 30.3 Å². The van der Waals surface area contributed by atoms with Crippen LogP contribution in [0, 0.1) is 0 Å². The van der Waals surface area contributed by atoms with Crippen molar-refractivity contribution < 1.29 is 4.79 Å². The molecule has 0 aliphatic carbocycles. The lowest BCUT2D eigenvalue weighted by Gasteiger charge is -2.35. The Kier molecular flexibility index (Phi) is 6.97. The van der Waals surface area contributed by atoms with Gasteiger partial charge in [0.25, 0.3) is 0 Å². The van der Waals surface area contributed by atoms with Gasteiger partial charge in [0.1, 0.15) is 0 Å². The molecule has 138 valence electrons. The minimum Gasteiger partial charge on any atom is -0.367 e. The first-order valence-electron chi connectivity index (χ1n) is 9.22. The molecule has 4 nitrogen and oxygen atoms in total. The zero-order valence-corrected chi connectivity index (χ0v) is 16.2. The number of benzene rings is 2. The first-order valence-corrected chi connectivity index (χ1v) is 10.2. The maximum Gasteiger partial charge on any atom is 0.224 e. The summed E-state index contributed by atoms with van der Waals surface area (Å²) >= 11 is 1.80. The average molecular weight is 370 g/mol. The Balaban J connectivity index is 1.48. The van der Waals surface area contributed by atoms with Gasteiger partial charge in [-0.25, -0.2) is 0 Å². The molecular formula is C21H27N3OS. The van der Waals surface area contributed by atoms with E-state index in [0.717, 1.165) is 49.7 Å². The van der Waals surface area contributed by atoms with Crippen molar-refractivity contribution in [3.8, 4) is 0 Å². The van der Waals surface area contributed by atoms with Crippen molar-refractivity contribution in [2.45, 2.75) is 17.7 Å². The number of piperazine rings is 1. The van der Waals surface area contributed by atoms with Crippen molar-refractivity contribution in [2.75, 3.05) is 49.2 Å². The van der Waals surface area contributed by atoms with E-state index in [9.17, 15) is 4.79 Å². The fourth-order valence-corrected chi connectivity index (χ4v) is 3.93. The highest BCUT2D eigenvalue weighted by Crippen LogP contribution is 2.27. The first kappa shape index (κ1) is 18.8. The van der Waals surface area contributed by atoms with E-state index < -0.39 is 0 Å². The maximum absolute atomic E-state index is 12.4. The lowest BCUT2D eigenvalue weighted by atomic mass is 10.2. The molecule has 1 fully saturated rings. The van der Waals surface area contributed by atoms with Gasteiger partial charge in [-0.15, -0.1) is 11.8 Å². The monoisotopic (exact) mass is 369 g/mol. The summed E-state index contributed by atoms with van der Waals surface area (Å²) in [6.45, 7) is 4.10. The molecule has 5 heteroatoms. The number of likely N-dealkylation sites (N-methyl/N-ethyl adjacent to an activating group) is 1. The smallest absolute Gasteiger partial charge is 0.224 e. The molecule has 1 aliphatic heterocycles. The number of carbonyl (C=O) groups excluding carboxylic acids is 1. The fraction of sp³-hybridized carbons (Fsp3) is 0.381. The molecule has 1 aliphatic rings. The Labute approximate surface area is 160 Å². The average Bonchev–Trinajstić information content (AvgIpc) is 2.67. The molecule has 0 saturated carbocycles. The molecule has 2 aromatic rings. The molecule has 0 atom stereocenters. The van der Waals surface area contributed by atoms with Gasteiger partial charge in [0.2, 0.25) is 5.91 Å². The number of hydrogen-bond donors (Lipinski definition) is 1. The van der Waals surface area contributed by atoms with Gasteiger partial charge >= 0.3 is 0 Å². The predicted molar refractivity (Wildman–Crippen MR) is 111 cm³/mol. The summed E-state index contributed by atoms with van der Waals surface area (Å²) < 4.78 is 0. The molecule has 0 unspecified atom stereocenters. The van der Waals surface area contributed by atoms with E-state index in [1.807, 2.05) is 36.4 Å². The minimum absolute atomic E-state index is 0.0974. The molecule has 0 aromatic heterocycles. The molecular weight excluding hydrogens is 342 g/mol. The molecule has 1 saturated heterocycles. The second kappa shape index (κ2) is 9.64. The number of amides is 1. The number of nitrogens with one attached hydrogen (secondary N) is 1. The summed E-state index contributed by atoms with van der Waals surface area (Å²) in [6, 6.07) is 18.5. The molecule has 0 bridgehead atoms. The van der Waals surface area contributed by atoms with Crippen LogP contribution < -0.4 is 10.2 Å². The Morgan fingerprint density at radius 2 is 1.69 bits per heavy atom. The van der Waals surface area contributed by atoms with Gasteiger partial charge < -0.3 is 15.1 Å². The molecule has 2 aromatic carbocycles. The largest absolute Gasteiger partial charge is 0.367 e. The molecule has 0 spiro atoms. The van der Waals surface area contributed by atoms with E-state index in [0.29, 0.717) is 6.42 Å². The predicted octanol–water partition coefficient (Wildman–Crippen LogP) is 3.95. The molecule has 1 heterocycles. The Morgan fingerprint density at radius 3 is 2.46 bits per heavy atom.